The minimum Gasteiger partial charge on any atom is -0.497 e. The fourth-order valence-electron chi connectivity index (χ4n) is 2.49. The highest BCUT2D eigenvalue weighted by Crippen LogP contribution is 2.17. The Morgan fingerprint density at radius 3 is 2.32 bits per heavy atom. The fourth-order valence-corrected chi connectivity index (χ4v) is 2.49. The van der Waals surface area contributed by atoms with E-state index in [0.29, 0.717) is 24.5 Å². The van der Waals surface area contributed by atoms with Gasteiger partial charge in [-0.05, 0) is 55.5 Å². The zero-order valence-corrected chi connectivity index (χ0v) is 15.9. The Morgan fingerprint density at radius 1 is 0.964 bits per heavy atom. The zero-order valence-electron chi connectivity index (χ0n) is 15.9. The highest BCUT2D eigenvalue weighted by atomic mass is 16.5. The number of ether oxygens (including phenoxy) is 2. The van der Waals surface area contributed by atoms with Crippen LogP contribution in [0.15, 0.2) is 66.9 Å². The van der Waals surface area contributed by atoms with Gasteiger partial charge in [0.25, 0.3) is 5.91 Å². The highest BCUT2D eigenvalue weighted by Gasteiger charge is 2.06. The van der Waals surface area contributed by atoms with Gasteiger partial charge in [0.05, 0.1) is 19.2 Å². The van der Waals surface area contributed by atoms with Crippen molar-refractivity contribution in [1.82, 2.24) is 4.98 Å². The maximum atomic E-state index is 12.3. The van der Waals surface area contributed by atoms with Crippen LogP contribution >= 0.6 is 0 Å². The maximum absolute atomic E-state index is 12.3. The van der Waals surface area contributed by atoms with Crippen molar-refractivity contribution in [3.8, 4) is 11.5 Å². The van der Waals surface area contributed by atoms with E-state index in [2.05, 4.69) is 15.6 Å². The van der Waals surface area contributed by atoms with Crippen LogP contribution in [0.5, 0.6) is 11.5 Å². The molecule has 6 nitrogen and oxygen atoms in total. The number of amides is 1. The summed E-state index contributed by atoms with van der Waals surface area (Å²) < 4.78 is 10.8. The molecule has 2 aromatic carbocycles. The molecule has 3 aromatic rings. The van der Waals surface area contributed by atoms with Crippen LogP contribution in [0.1, 0.15) is 15.9 Å². The number of hydrogen-bond donors (Lipinski definition) is 2. The van der Waals surface area contributed by atoms with Crippen molar-refractivity contribution < 1.29 is 14.3 Å². The number of aryl methyl sites for hydroxylation is 1. The maximum Gasteiger partial charge on any atom is 0.257 e. The van der Waals surface area contributed by atoms with E-state index in [1.54, 1.807) is 25.4 Å². The van der Waals surface area contributed by atoms with E-state index < -0.39 is 0 Å². The second-order valence-electron chi connectivity index (χ2n) is 6.20. The molecule has 6 heteroatoms. The number of carbonyl (C=O) groups excluding carboxylic acids is 1. The Kier molecular flexibility index (Phi) is 6.46. The van der Waals surface area contributed by atoms with Crippen LogP contribution in [0.3, 0.4) is 0 Å². The number of carbonyl (C=O) groups is 1. The van der Waals surface area contributed by atoms with Gasteiger partial charge in [-0.15, -0.1) is 0 Å². The quantitative estimate of drug-likeness (QED) is 0.577. The van der Waals surface area contributed by atoms with Crippen molar-refractivity contribution in [3.63, 3.8) is 0 Å². The van der Waals surface area contributed by atoms with Gasteiger partial charge in [0.1, 0.15) is 23.9 Å². The summed E-state index contributed by atoms with van der Waals surface area (Å²) in [6.45, 7) is 3.08. The monoisotopic (exact) mass is 377 g/mol. The SMILES string of the molecule is COc1ccc(OCCNc2ccc(C(=O)Nc3ccc(C)cc3)cn2)cc1. The molecule has 0 radical (unpaired) electrons. The van der Waals surface area contributed by atoms with Crippen molar-refractivity contribution in [2.75, 3.05) is 30.9 Å². The first-order chi connectivity index (χ1) is 13.6. The van der Waals surface area contributed by atoms with E-state index in [-0.39, 0.29) is 5.91 Å². The van der Waals surface area contributed by atoms with Crippen LogP contribution in [-0.2, 0) is 0 Å². The smallest absolute Gasteiger partial charge is 0.257 e. The molecule has 1 amide bonds. The molecule has 0 saturated carbocycles. The van der Waals surface area contributed by atoms with Crippen molar-refractivity contribution in [1.29, 1.82) is 0 Å². The summed E-state index contributed by atoms with van der Waals surface area (Å²) in [5.74, 6) is 2.07. The average Bonchev–Trinajstić information content (AvgIpc) is 2.73. The largest absolute Gasteiger partial charge is 0.497 e. The molecule has 0 aliphatic carbocycles. The first kappa shape index (κ1) is 19.2. The fraction of sp³-hybridized carbons (Fsp3) is 0.182. The summed E-state index contributed by atoms with van der Waals surface area (Å²) in [4.78, 5) is 16.6. The summed E-state index contributed by atoms with van der Waals surface area (Å²) in [5.41, 5.74) is 2.40. The van der Waals surface area contributed by atoms with Gasteiger partial charge in [0.2, 0.25) is 0 Å². The Hall–Kier alpha value is -3.54. The topological polar surface area (TPSA) is 72.5 Å². The first-order valence-electron chi connectivity index (χ1n) is 8.99. The van der Waals surface area contributed by atoms with E-state index >= 15 is 0 Å². The predicted octanol–water partition coefficient (Wildman–Crippen LogP) is 4.14. The van der Waals surface area contributed by atoms with E-state index in [1.165, 1.54) is 0 Å². The van der Waals surface area contributed by atoms with Gasteiger partial charge in [0, 0.05) is 11.9 Å². The second-order valence-corrected chi connectivity index (χ2v) is 6.20. The Labute approximate surface area is 164 Å². The van der Waals surface area contributed by atoms with Gasteiger partial charge in [-0.1, -0.05) is 17.7 Å². The summed E-state index contributed by atoms with van der Waals surface area (Å²) in [6.07, 6.45) is 1.55. The molecule has 0 spiro atoms. The third-order valence-corrected chi connectivity index (χ3v) is 4.07. The normalized spacial score (nSPS) is 10.2. The number of hydrogen-bond acceptors (Lipinski definition) is 5. The molecular weight excluding hydrogens is 354 g/mol. The van der Waals surface area contributed by atoms with Gasteiger partial charge in [-0.25, -0.2) is 4.98 Å². The number of nitrogens with one attached hydrogen (secondary N) is 2. The lowest BCUT2D eigenvalue weighted by atomic mass is 10.2. The number of anilines is 2. The van der Waals surface area contributed by atoms with Gasteiger partial charge >= 0.3 is 0 Å². The summed E-state index contributed by atoms with van der Waals surface area (Å²) in [6, 6.07) is 18.6. The second kappa shape index (κ2) is 9.41. The molecule has 28 heavy (non-hydrogen) atoms. The van der Waals surface area contributed by atoms with Crippen LogP contribution in [0, 0.1) is 6.92 Å². The van der Waals surface area contributed by atoms with Gasteiger partial charge < -0.3 is 20.1 Å². The molecule has 0 saturated heterocycles. The Bertz CT molecular complexity index is 892. The molecular formula is C22H23N3O3. The predicted molar refractivity (Wildman–Crippen MR) is 110 cm³/mol. The van der Waals surface area contributed by atoms with Gasteiger partial charge in [0.15, 0.2) is 0 Å². The molecule has 0 aliphatic heterocycles. The molecule has 1 aromatic heterocycles. The van der Waals surface area contributed by atoms with Gasteiger partial charge in [-0.3, -0.25) is 4.79 Å². The third-order valence-electron chi connectivity index (χ3n) is 4.07. The van der Waals surface area contributed by atoms with E-state index in [0.717, 1.165) is 22.7 Å². The van der Waals surface area contributed by atoms with Crippen molar-refractivity contribution in [2.24, 2.45) is 0 Å². The van der Waals surface area contributed by atoms with E-state index in [4.69, 9.17) is 9.47 Å². The number of methoxy groups -OCH3 is 1. The summed E-state index contributed by atoms with van der Waals surface area (Å²) in [7, 11) is 1.63. The molecule has 0 fully saturated rings. The van der Waals surface area contributed by atoms with E-state index in [9.17, 15) is 4.79 Å². The third kappa shape index (κ3) is 5.48. The minimum absolute atomic E-state index is 0.189. The first-order valence-corrected chi connectivity index (χ1v) is 8.99. The van der Waals surface area contributed by atoms with Crippen LogP contribution < -0.4 is 20.1 Å². The molecule has 0 bridgehead atoms. The molecule has 144 valence electrons. The molecule has 1 heterocycles. The lowest BCUT2D eigenvalue weighted by molar-refractivity contribution is 0.102. The molecule has 0 atom stereocenters. The van der Waals surface area contributed by atoms with Crippen molar-refractivity contribution in [2.45, 2.75) is 6.92 Å². The number of pyridine rings is 1. The molecule has 2 N–H and O–H groups in total. The Morgan fingerprint density at radius 2 is 1.68 bits per heavy atom. The van der Waals surface area contributed by atoms with Crippen molar-refractivity contribution in [3.05, 3.63) is 78.0 Å². The van der Waals surface area contributed by atoms with Crippen LogP contribution in [-0.4, -0.2) is 31.2 Å². The standard InChI is InChI=1S/C22H23N3O3/c1-16-3-6-18(7-4-16)25-22(26)17-5-12-21(24-15-17)23-13-14-28-20-10-8-19(27-2)9-11-20/h3-12,15H,13-14H2,1-2H3,(H,23,24)(H,25,26). The number of nitrogens with zero attached hydrogens (tertiary/aromatic N) is 1. The minimum atomic E-state index is -0.189. The zero-order chi connectivity index (χ0) is 19.8. The number of benzene rings is 2. The summed E-state index contributed by atoms with van der Waals surface area (Å²) in [5, 5.41) is 6.02. The van der Waals surface area contributed by atoms with Crippen LogP contribution in [0.2, 0.25) is 0 Å². The molecule has 0 aliphatic rings. The number of rotatable bonds is 8. The van der Waals surface area contributed by atoms with E-state index in [1.807, 2.05) is 55.5 Å². The molecule has 3 rings (SSSR count). The van der Waals surface area contributed by atoms with Crippen LogP contribution in [0.4, 0.5) is 11.5 Å². The lowest BCUT2D eigenvalue weighted by Gasteiger charge is -2.09. The Balaban J connectivity index is 1.44. The number of aromatic nitrogens is 1. The summed E-state index contributed by atoms with van der Waals surface area (Å²) >= 11 is 0. The average molecular weight is 377 g/mol. The van der Waals surface area contributed by atoms with Crippen LogP contribution in [0.25, 0.3) is 0 Å². The van der Waals surface area contributed by atoms with Gasteiger partial charge in [-0.2, -0.15) is 0 Å². The molecule has 0 unspecified atom stereocenters. The lowest BCUT2D eigenvalue weighted by Crippen LogP contribution is -2.14. The van der Waals surface area contributed by atoms with Crippen molar-refractivity contribution >= 4 is 17.4 Å². The highest BCUT2D eigenvalue weighted by molar-refractivity contribution is 6.04.